The maximum atomic E-state index is 14.5. The standard InChI is InChI=1S/C43H49NO7/c1-39-16-13-30(45)24-41(39)19-20-43(33(25-41)37(46)34-10-6-22-50-34)35(39)14-17-40(2)36(43)15-18-42(40,48)27-44(26-32-9-5-21-49-32)38(47)51-31-12-11-28-7-3-4-8-29(28)23-31/h3-4,6-8,10-12,19-20,22-23,25,30,32,35-36,45,48H,5,9,13-18,21,24,26-27H2,1-2H3/t30?,32-,35-,36-,39-,40+,41+,42-,43-/m1/s1. The molecule has 268 valence electrons. The lowest BCUT2D eigenvalue weighted by atomic mass is 9.32. The van der Waals surface area contributed by atoms with Crippen molar-refractivity contribution in [3.63, 3.8) is 0 Å². The number of carbonyl (C=O) groups excluding carboxylic acids is 2. The Hall–Kier alpha value is -3.72. The molecule has 3 saturated carbocycles. The number of allylic oxidation sites excluding steroid dienone is 4. The quantitative estimate of drug-likeness (QED) is 0.192. The van der Waals surface area contributed by atoms with Crippen LogP contribution in [0.25, 0.3) is 10.8 Å². The van der Waals surface area contributed by atoms with E-state index in [0.29, 0.717) is 37.5 Å². The van der Waals surface area contributed by atoms with E-state index in [-0.39, 0.29) is 35.7 Å². The zero-order valence-corrected chi connectivity index (χ0v) is 29.7. The molecule has 2 heterocycles. The van der Waals surface area contributed by atoms with Gasteiger partial charge in [-0.05, 0) is 110 Å². The van der Waals surface area contributed by atoms with Crippen molar-refractivity contribution in [3.05, 3.63) is 90.4 Å². The minimum absolute atomic E-state index is 0.0433. The van der Waals surface area contributed by atoms with Crippen LogP contribution in [0.3, 0.4) is 0 Å². The molecule has 4 fully saturated rings. The highest BCUT2D eigenvalue weighted by molar-refractivity contribution is 6.08. The monoisotopic (exact) mass is 691 g/mol. The minimum Gasteiger partial charge on any atom is -0.461 e. The molecule has 0 radical (unpaired) electrons. The van der Waals surface area contributed by atoms with Crippen LogP contribution >= 0.6 is 0 Å². The second kappa shape index (κ2) is 11.6. The fourth-order valence-electron chi connectivity index (χ4n) is 12.1. The molecule has 6 aliphatic carbocycles. The number of ketones is 1. The summed E-state index contributed by atoms with van der Waals surface area (Å²) in [5, 5.41) is 26.0. The normalized spacial score (nSPS) is 39.3. The Labute approximate surface area is 299 Å². The number of aliphatic hydroxyl groups is 2. The summed E-state index contributed by atoms with van der Waals surface area (Å²) in [6.07, 6.45) is 14.2. The molecule has 1 amide bonds. The van der Waals surface area contributed by atoms with Crippen LogP contribution < -0.4 is 4.74 Å². The molecule has 1 saturated heterocycles. The number of fused-ring (bicyclic) bond motifs is 2. The summed E-state index contributed by atoms with van der Waals surface area (Å²) in [5.74, 6) is 0.813. The molecule has 3 aromatic rings. The van der Waals surface area contributed by atoms with E-state index in [2.05, 4.69) is 32.1 Å². The number of rotatable bonds is 7. The SMILES string of the molecule is C[C@]12CC[C@H]3[C@]4(C=C[C@@]5(C=C4C(=O)c4ccco4)CC(O)CC[C@]35C)[C@@H]1CC[C@@]2(O)CN(C[C@H]1CCCO1)C(=O)Oc1ccc2ccccc2c1. The number of benzene rings is 2. The Morgan fingerprint density at radius 2 is 1.71 bits per heavy atom. The van der Waals surface area contributed by atoms with Gasteiger partial charge in [-0.1, -0.05) is 62.4 Å². The Bertz CT molecular complexity index is 1930. The number of Topliss-reactive ketones (excluding diaryl/α,β-unsaturated/α-hetero) is 1. The number of nitrogens with zero attached hydrogens (tertiary/aromatic N) is 1. The summed E-state index contributed by atoms with van der Waals surface area (Å²) < 4.78 is 17.8. The number of furan rings is 1. The van der Waals surface area contributed by atoms with Gasteiger partial charge in [0.25, 0.3) is 0 Å². The van der Waals surface area contributed by atoms with Crippen molar-refractivity contribution in [1.82, 2.24) is 4.90 Å². The number of carbonyl (C=O) groups is 2. The van der Waals surface area contributed by atoms with E-state index in [0.717, 1.165) is 61.3 Å². The first-order valence-electron chi connectivity index (χ1n) is 19.0. The maximum Gasteiger partial charge on any atom is 0.415 e. The van der Waals surface area contributed by atoms with Crippen molar-refractivity contribution in [2.45, 2.75) is 89.4 Å². The third-order valence-corrected chi connectivity index (χ3v) is 14.8. The van der Waals surface area contributed by atoms with Crippen LogP contribution in [0.1, 0.15) is 82.2 Å². The molecule has 1 unspecified atom stereocenters. The van der Waals surface area contributed by atoms with E-state index in [1.165, 1.54) is 0 Å². The van der Waals surface area contributed by atoms with Gasteiger partial charge in [0.05, 0.1) is 37.2 Å². The van der Waals surface area contributed by atoms with Crippen LogP contribution in [0, 0.1) is 33.5 Å². The molecule has 8 heteroatoms. The highest BCUT2D eigenvalue weighted by Crippen LogP contribution is 2.78. The van der Waals surface area contributed by atoms with E-state index in [4.69, 9.17) is 13.9 Å². The number of amides is 1. The van der Waals surface area contributed by atoms with Gasteiger partial charge in [-0.3, -0.25) is 4.79 Å². The number of hydrogen-bond acceptors (Lipinski definition) is 7. The van der Waals surface area contributed by atoms with Crippen molar-refractivity contribution >= 4 is 22.6 Å². The summed E-state index contributed by atoms with van der Waals surface area (Å²) in [6, 6.07) is 17.1. The van der Waals surface area contributed by atoms with Gasteiger partial charge in [-0.2, -0.15) is 0 Å². The fourth-order valence-corrected chi connectivity index (χ4v) is 12.1. The van der Waals surface area contributed by atoms with Gasteiger partial charge in [0.15, 0.2) is 5.76 Å². The Balaban J connectivity index is 1.07. The average molecular weight is 692 g/mol. The van der Waals surface area contributed by atoms with E-state index >= 15 is 0 Å². The fraction of sp³-hybridized carbons (Fsp3) is 0.535. The van der Waals surface area contributed by atoms with Gasteiger partial charge >= 0.3 is 6.09 Å². The lowest BCUT2D eigenvalue weighted by Gasteiger charge is -2.71. The molecule has 1 aliphatic heterocycles. The van der Waals surface area contributed by atoms with Gasteiger partial charge in [-0.15, -0.1) is 0 Å². The molecule has 2 spiro atoms. The van der Waals surface area contributed by atoms with E-state index < -0.39 is 34.0 Å². The summed E-state index contributed by atoms with van der Waals surface area (Å²) in [6.45, 7) is 5.70. The zero-order chi connectivity index (χ0) is 35.2. The van der Waals surface area contributed by atoms with Crippen molar-refractivity contribution in [2.24, 2.45) is 33.5 Å². The summed E-state index contributed by atoms with van der Waals surface area (Å²) in [5.41, 5.74) is -2.22. The first kappa shape index (κ1) is 33.1. The minimum atomic E-state index is -1.22. The first-order valence-corrected chi connectivity index (χ1v) is 19.0. The molecule has 10 rings (SSSR count). The predicted octanol–water partition coefficient (Wildman–Crippen LogP) is 7.89. The van der Waals surface area contributed by atoms with Gasteiger partial charge in [0.2, 0.25) is 5.78 Å². The molecule has 2 bridgehead atoms. The number of hydrogen-bond donors (Lipinski definition) is 2. The van der Waals surface area contributed by atoms with Gasteiger partial charge in [0, 0.05) is 28.4 Å². The average Bonchev–Trinajstić information content (AvgIpc) is 3.90. The Morgan fingerprint density at radius 3 is 2.49 bits per heavy atom. The van der Waals surface area contributed by atoms with Crippen LogP contribution in [0.2, 0.25) is 0 Å². The number of ether oxygens (including phenoxy) is 2. The number of aliphatic hydroxyl groups excluding tert-OH is 1. The second-order valence-electron chi connectivity index (χ2n) is 17.0. The third-order valence-electron chi connectivity index (χ3n) is 14.8. The van der Waals surface area contributed by atoms with Crippen molar-refractivity contribution in [2.75, 3.05) is 19.7 Å². The smallest absolute Gasteiger partial charge is 0.415 e. The van der Waals surface area contributed by atoms with Crippen LogP contribution in [-0.4, -0.2) is 64.5 Å². The van der Waals surface area contributed by atoms with Crippen molar-refractivity contribution in [3.8, 4) is 5.75 Å². The summed E-state index contributed by atoms with van der Waals surface area (Å²) >= 11 is 0. The topological polar surface area (TPSA) is 109 Å². The van der Waals surface area contributed by atoms with Gasteiger partial charge in [0.1, 0.15) is 5.75 Å². The van der Waals surface area contributed by atoms with E-state index in [9.17, 15) is 19.8 Å². The van der Waals surface area contributed by atoms with Gasteiger partial charge in [-0.25, -0.2) is 4.79 Å². The second-order valence-corrected chi connectivity index (χ2v) is 17.0. The lowest BCUT2D eigenvalue weighted by Crippen LogP contribution is -2.67. The third kappa shape index (κ3) is 4.75. The molecule has 9 atom stereocenters. The molecule has 8 nitrogen and oxygen atoms in total. The van der Waals surface area contributed by atoms with Crippen LogP contribution in [0.15, 0.2) is 89.1 Å². The first-order chi connectivity index (χ1) is 24.5. The van der Waals surface area contributed by atoms with Crippen LogP contribution in [-0.2, 0) is 4.74 Å². The molecule has 2 aromatic carbocycles. The molecule has 51 heavy (non-hydrogen) atoms. The molecule has 2 N–H and O–H groups in total. The summed E-state index contributed by atoms with van der Waals surface area (Å²) in [7, 11) is 0. The van der Waals surface area contributed by atoms with E-state index in [1.807, 2.05) is 42.5 Å². The molecular weight excluding hydrogens is 642 g/mol. The largest absolute Gasteiger partial charge is 0.461 e. The van der Waals surface area contributed by atoms with Gasteiger partial charge < -0.3 is 29.0 Å². The van der Waals surface area contributed by atoms with E-state index in [1.54, 1.807) is 23.3 Å². The predicted molar refractivity (Wildman–Crippen MR) is 192 cm³/mol. The van der Waals surface area contributed by atoms with Crippen molar-refractivity contribution < 1.29 is 33.7 Å². The van der Waals surface area contributed by atoms with Crippen LogP contribution in [0.5, 0.6) is 5.75 Å². The Kier molecular flexibility index (Phi) is 7.56. The maximum absolute atomic E-state index is 14.5. The van der Waals surface area contributed by atoms with Crippen LogP contribution in [0.4, 0.5) is 4.79 Å². The van der Waals surface area contributed by atoms with Crippen molar-refractivity contribution in [1.29, 1.82) is 0 Å². The molecular formula is C43H49NO7. The Morgan fingerprint density at radius 1 is 0.922 bits per heavy atom. The lowest BCUT2D eigenvalue weighted by molar-refractivity contribution is -0.175. The summed E-state index contributed by atoms with van der Waals surface area (Å²) in [4.78, 5) is 30.3. The highest BCUT2D eigenvalue weighted by atomic mass is 16.6. The molecule has 7 aliphatic rings. The molecule has 1 aromatic heterocycles. The zero-order valence-electron chi connectivity index (χ0n) is 29.7. The highest BCUT2D eigenvalue weighted by Gasteiger charge is 2.74.